The fourth-order valence-electron chi connectivity index (χ4n) is 0.990. The van der Waals surface area contributed by atoms with Crippen LogP contribution in [0.3, 0.4) is 0 Å². The minimum atomic E-state index is -4.89. The fraction of sp³-hybridized carbons (Fsp3) is 0.250. The van der Waals surface area contributed by atoms with Crippen LogP contribution in [0.5, 0.6) is 11.6 Å². The molecule has 0 fully saturated rings. The lowest BCUT2D eigenvalue weighted by Crippen LogP contribution is -2.18. The number of rotatable bonds is 2. The van der Waals surface area contributed by atoms with Gasteiger partial charge in [0.05, 0.1) is 12.8 Å². The van der Waals surface area contributed by atoms with Crippen LogP contribution < -0.4 is 15.2 Å². The third kappa shape index (κ3) is 2.66. The van der Waals surface area contributed by atoms with E-state index < -0.39 is 12.2 Å². The molecule has 86 valence electrons. The zero-order chi connectivity index (χ0) is 12.3. The Morgan fingerprint density at radius 1 is 1.50 bits per heavy atom. The Morgan fingerprint density at radius 2 is 2.12 bits per heavy atom. The summed E-state index contributed by atoms with van der Waals surface area (Å²) in [4.78, 5) is 3.30. The number of ether oxygens (including phenoxy) is 2. The van der Waals surface area contributed by atoms with Crippen molar-refractivity contribution in [3.63, 3.8) is 0 Å². The lowest BCUT2D eigenvalue weighted by Gasteiger charge is -2.10. The standard InChI is InChI=1S/C8H6F3N3O2/c1-15-7-4(13)2-6(14-5(7)3-12)16-8(9,10)11/h2H,1H3,(H2,13,14). The van der Waals surface area contributed by atoms with Gasteiger partial charge in [0, 0.05) is 6.07 Å². The third-order valence-electron chi connectivity index (χ3n) is 1.51. The summed E-state index contributed by atoms with van der Waals surface area (Å²) >= 11 is 0. The molecule has 0 spiro atoms. The van der Waals surface area contributed by atoms with Gasteiger partial charge in [-0.3, -0.25) is 0 Å². The molecule has 0 amide bonds. The second-order valence-electron chi connectivity index (χ2n) is 2.59. The van der Waals surface area contributed by atoms with Gasteiger partial charge in [-0.2, -0.15) is 10.2 Å². The van der Waals surface area contributed by atoms with E-state index in [-0.39, 0.29) is 17.1 Å². The molecule has 0 aliphatic rings. The van der Waals surface area contributed by atoms with E-state index in [0.29, 0.717) is 0 Å². The van der Waals surface area contributed by atoms with Crippen molar-refractivity contribution in [2.45, 2.75) is 6.36 Å². The molecule has 0 radical (unpaired) electrons. The minimum Gasteiger partial charge on any atom is -0.492 e. The average molecular weight is 233 g/mol. The number of pyridine rings is 1. The molecule has 8 heteroatoms. The summed E-state index contributed by atoms with van der Waals surface area (Å²) in [7, 11) is 1.22. The molecule has 0 aromatic carbocycles. The first-order valence-corrected chi connectivity index (χ1v) is 3.87. The smallest absolute Gasteiger partial charge is 0.492 e. The average Bonchev–Trinajstić information content (AvgIpc) is 2.14. The first-order chi connectivity index (χ1) is 7.37. The van der Waals surface area contributed by atoms with E-state index in [1.807, 2.05) is 0 Å². The Morgan fingerprint density at radius 3 is 2.56 bits per heavy atom. The van der Waals surface area contributed by atoms with Gasteiger partial charge in [0.1, 0.15) is 6.07 Å². The number of hydrogen-bond acceptors (Lipinski definition) is 5. The van der Waals surface area contributed by atoms with Crippen molar-refractivity contribution >= 4 is 5.69 Å². The molecule has 0 saturated heterocycles. The van der Waals surface area contributed by atoms with E-state index in [0.717, 1.165) is 6.07 Å². The topological polar surface area (TPSA) is 81.2 Å². The van der Waals surface area contributed by atoms with Gasteiger partial charge in [0.15, 0.2) is 11.4 Å². The summed E-state index contributed by atoms with van der Waals surface area (Å²) in [6, 6.07) is 2.38. The summed E-state index contributed by atoms with van der Waals surface area (Å²) in [6.07, 6.45) is -4.89. The van der Waals surface area contributed by atoms with Gasteiger partial charge in [0.2, 0.25) is 5.88 Å². The first-order valence-electron chi connectivity index (χ1n) is 3.87. The molecule has 0 atom stereocenters. The van der Waals surface area contributed by atoms with Crippen LogP contribution in [0.1, 0.15) is 5.69 Å². The summed E-state index contributed by atoms with van der Waals surface area (Å²) in [5.41, 5.74) is 4.83. The Balaban J connectivity index is 3.17. The van der Waals surface area contributed by atoms with Crippen LogP contribution >= 0.6 is 0 Å². The third-order valence-corrected chi connectivity index (χ3v) is 1.51. The molecule has 0 aliphatic heterocycles. The number of nitriles is 1. The lowest BCUT2D eigenvalue weighted by atomic mass is 10.3. The van der Waals surface area contributed by atoms with E-state index in [1.165, 1.54) is 7.11 Å². The summed E-state index contributed by atoms with van der Waals surface area (Å²) in [5, 5.41) is 8.61. The Bertz CT molecular complexity index is 439. The van der Waals surface area contributed by atoms with Crippen molar-refractivity contribution in [1.82, 2.24) is 4.98 Å². The van der Waals surface area contributed by atoms with Crippen molar-refractivity contribution in [2.75, 3.05) is 12.8 Å². The van der Waals surface area contributed by atoms with Crippen molar-refractivity contribution in [3.8, 4) is 17.7 Å². The quantitative estimate of drug-likeness (QED) is 0.835. The van der Waals surface area contributed by atoms with Crippen molar-refractivity contribution in [3.05, 3.63) is 11.8 Å². The molecule has 5 nitrogen and oxygen atoms in total. The number of halogens is 3. The van der Waals surface area contributed by atoms with Crippen molar-refractivity contribution in [1.29, 1.82) is 5.26 Å². The number of nitrogens with zero attached hydrogens (tertiary/aromatic N) is 2. The fourth-order valence-corrected chi connectivity index (χ4v) is 0.990. The highest BCUT2D eigenvalue weighted by atomic mass is 19.4. The summed E-state index contributed by atoms with van der Waals surface area (Å²) in [5.74, 6) is -0.889. The molecule has 1 aromatic rings. The molecule has 0 saturated carbocycles. The van der Waals surface area contributed by atoms with Crippen LogP contribution in [-0.2, 0) is 0 Å². The van der Waals surface area contributed by atoms with Gasteiger partial charge in [0.25, 0.3) is 0 Å². The summed E-state index contributed by atoms with van der Waals surface area (Å²) < 4.78 is 43.9. The molecular weight excluding hydrogens is 227 g/mol. The Hall–Kier alpha value is -2.17. The normalized spacial score (nSPS) is 10.7. The van der Waals surface area contributed by atoms with Gasteiger partial charge in [-0.1, -0.05) is 0 Å². The molecule has 1 rings (SSSR count). The van der Waals surface area contributed by atoms with Crippen LogP contribution in [0.25, 0.3) is 0 Å². The minimum absolute atomic E-state index is 0.0861. The maximum atomic E-state index is 11.9. The molecule has 1 aromatic heterocycles. The maximum Gasteiger partial charge on any atom is 0.574 e. The predicted octanol–water partition coefficient (Wildman–Crippen LogP) is 1.44. The van der Waals surface area contributed by atoms with Gasteiger partial charge in [-0.15, -0.1) is 13.2 Å². The van der Waals surface area contributed by atoms with Crippen LogP contribution in [-0.4, -0.2) is 18.5 Å². The largest absolute Gasteiger partial charge is 0.574 e. The predicted molar refractivity (Wildman–Crippen MR) is 46.6 cm³/mol. The van der Waals surface area contributed by atoms with Gasteiger partial charge in [-0.05, 0) is 0 Å². The molecule has 0 unspecified atom stereocenters. The second-order valence-corrected chi connectivity index (χ2v) is 2.59. The number of anilines is 1. The molecule has 0 bridgehead atoms. The first kappa shape index (κ1) is 11.9. The number of aromatic nitrogens is 1. The van der Waals surface area contributed by atoms with Crippen molar-refractivity contribution < 1.29 is 22.6 Å². The van der Waals surface area contributed by atoms with E-state index in [4.69, 9.17) is 15.7 Å². The van der Waals surface area contributed by atoms with Crippen molar-refractivity contribution in [2.24, 2.45) is 0 Å². The molecule has 16 heavy (non-hydrogen) atoms. The molecule has 1 heterocycles. The van der Waals surface area contributed by atoms with Crippen LogP contribution in [0.2, 0.25) is 0 Å². The maximum absolute atomic E-state index is 11.9. The molecule has 0 aliphatic carbocycles. The SMILES string of the molecule is COc1c(N)cc(OC(F)(F)F)nc1C#N. The summed E-state index contributed by atoms with van der Waals surface area (Å²) in [6.45, 7) is 0. The highest BCUT2D eigenvalue weighted by Gasteiger charge is 2.32. The van der Waals surface area contributed by atoms with Gasteiger partial charge < -0.3 is 15.2 Å². The highest BCUT2D eigenvalue weighted by Crippen LogP contribution is 2.30. The Labute approximate surface area is 88.2 Å². The van der Waals surface area contributed by atoms with Crippen LogP contribution in [0, 0.1) is 11.3 Å². The second kappa shape index (κ2) is 4.14. The zero-order valence-electron chi connectivity index (χ0n) is 8.00. The highest BCUT2D eigenvalue weighted by molar-refractivity contribution is 5.60. The van der Waals surface area contributed by atoms with Gasteiger partial charge in [-0.25, -0.2) is 0 Å². The number of nitrogen functional groups attached to an aromatic ring is 1. The zero-order valence-corrected chi connectivity index (χ0v) is 8.00. The van der Waals surface area contributed by atoms with Gasteiger partial charge >= 0.3 is 6.36 Å². The van der Waals surface area contributed by atoms with E-state index in [1.54, 1.807) is 6.07 Å². The number of alkyl halides is 3. The number of nitrogens with two attached hydrogens (primary N) is 1. The van der Waals surface area contributed by atoms with E-state index in [9.17, 15) is 13.2 Å². The number of hydrogen-bond donors (Lipinski definition) is 1. The number of methoxy groups -OCH3 is 1. The Kier molecular flexibility index (Phi) is 3.08. The molecule has 2 N–H and O–H groups in total. The van der Waals surface area contributed by atoms with E-state index in [2.05, 4.69) is 9.72 Å². The monoisotopic (exact) mass is 233 g/mol. The van der Waals surface area contributed by atoms with E-state index >= 15 is 0 Å². The lowest BCUT2D eigenvalue weighted by molar-refractivity contribution is -0.276. The van der Waals surface area contributed by atoms with Crippen LogP contribution in [0.15, 0.2) is 6.07 Å². The van der Waals surface area contributed by atoms with Crippen LogP contribution in [0.4, 0.5) is 18.9 Å². The molecular formula is C8H6F3N3O2.